The molecule has 2 aromatic carbocycles. The van der Waals surface area contributed by atoms with E-state index in [2.05, 4.69) is 5.32 Å². The van der Waals surface area contributed by atoms with Gasteiger partial charge in [0.25, 0.3) is 0 Å². The topological polar surface area (TPSA) is 102 Å². The summed E-state index contributed by atoms with van der Waals surface area (Å²) in [6.45, 7) is 11.2. The lowest BCUT2D eigenvalue weighted by Crippen LogP contribution is -2.50. The van der Waals surface area contributed by atoms with E-state index in [1.54, 1.807) is 42.5 Å². The zero-order valence-corrected chi connectivity index (χ0v) is 24.8. The summed E-state index contributed by atoms with van der Waals surface area (Å²) in [5, 5.41) is 13.6. The van der Waals surface area contributed by atoms with Crippen molar-refractivity contribution in [2.45, 2.75) is 79.1 Å². The van der Waals surface area contributed by atoms with E-state index >= 15 is 0 Å². The van der Waals surface area contributed by atoms with Crippen LogP contribution >= 0.6 is 23.2 Å². The van der Waals surface area contributed by atoms with Crippen molar-refractivity contribution in [3.05, 3.63) is 63.6 Å². The van der Waals surface area contributed by atoms with Crippen LogP contribution in [0.3, 0.4) is 0 Å². The van der Waals surface area contributed by atoms with E-state index in [-0.39, 0.29) is 24.9 Å². The van der Waals surface area contributed by atoms with Crippen LogP contribution in [-0.2, 0) is 32.1 Å². The van der Waals surface area contributed by atoms with Gasteiger partial charge in [0.2, 0.25) is 5.91 Å². The first kappa shape index (κ1) is 30.8. The molecule has 0 aliphatic heterocycles. The maximum Gasteiger partial charge on any atom is 0.326 e. The molecule has 0 heterocycles. The average Bonchev–Trinajstić information content (AvgIpc) is 3.07. The van der Waals surface area contributed by atoms with Crippen molar-refractivity contribution in [2.24, 2.45) is 16.7 Å². The van der Waals surface area contributed by atoms with E-state index < -0.39 is 34.4 Å². The summed E-state index contributed by atoms with van der Waals surface area (Å²) in [7, 11) is 0. The number of halogens is 2. The summed E-state index contributed by atoms with van der Waals surface area (Å²) in [6, 6.07) is 11.1. The Morgan fingerprint density at radius 1 is 1.05 bits per heavy atom. The Bertz CT molecular complexity index is 1200. The SMILES string of the molecule is CC(C)(C)OC(=O)C1(C)CCC(C(=O)NC(Cc2ccc(OCc3c(Cl)cccc3Cl)cc2)C(=O)O)C1(C)C. The molecule has 3 rings (SSSR count). The molecule has 1 saturated carbocycles. The summed E-state index contributed by atoms with van der Waals surface area (Å²) in [6.07, 6.45) is 1.03. The molecule has 2 aromatic rings. The summed E-state index contributed by atoms with van der Waals surface area (Å²) >= 11 is 12.4. The van der Waals surface area contributed by atoms with Crippen LogP contribution in [0.5, 0.6) is 5.75 Å². The van der Waals surface area contributed by atoms with Gasteiger partial charge in [0.1, 0.15) is 24.0 Å². The number of hydrogen-bond donors (Lipinski definition) is 2. The lowest BCUT2D eigenvalue weighted by Gasteiger charge is -2.40. The molecule has 0 saturated heterocycles. The Labute approximate surface area is 240 Å². The predicted molar refractivity (Wildman–Crippen MR) is 151 cm³/mol. The molecule has 0 spiro atoms. The summed E-state index contributed by atoms with van der Waals surface area (Å²) in [5.41, 5.74) is -0.851. The number of carboxylic acid groups (broad SMARTS) is 1. The number of hydrogen-bond acceptors (Lipinski definition) is 5. The highest BCUT2D eigenvalue weighted by Gasteiger charge is 2.59. The minimum atomic E-state index is -1.14. The highest BCUT2D eigenvalue weighted by Crippen LogP contribution is 2.57. The third-order valence-corrected chi connectivity index (χ3v) is 8.52. The molecule has 9 heteroatoms. The number of ether oxygens (including phenoxy) is 2. The van der Waals surface area contributed by atoms with Crippen LogP contribution in [0.2, 0.25) is 10.0 Å². The monoisotopic (exact) mass is 577 g/mol. The molecule has 1 aliphatic rings. The van der Waals surface area contributed by atoms with E-state index in [4.69, 9.17) is 32.7 Å². The molecule has 7 nitrogen and oxygen atoms in total. The van der Waals surface area contributed by atoms with Gasteiger partial charge in [0.05, 0.1) is 5.41 Å². The smallest absolute Gasteiger partial charge is 0.326 e. The van der Waals surface area contributed by atoms with Gasteiger partial charge in [-0.2, -0.15) is 0 Å². The number of carbonyl (C=O) groups excluding carboxylic acids is 2. The van der Waals surface area contributed by atoms with Crippen molar-refractivity contribution in [1.29, 1.82) is 0 Å². The second-order valence-corrected chi connectivity index (χ2v) is 12.7. The van der Waals surface area contributed by atoms with Crippen LogP contribution in [0.4, 0.5) is 0 Å². The predicted octanol–water partition coefficient (Wildman–Crippen LogP) is 6.47. The number of aliphatic carboxylic acids is 1. The number of carboxylic acids is 1. The number of benzene rings is 2. The molecule has 3 unspecified atom stereocenters. The van der Waals surface area contributed by atoms with Gasteiger partial charge in [-0.15, -0.1) is 0 Å². The average molecular weight is 579 g/mol. The molecule has 3 atom stereocenters. The van der Waals surface area contributed by atoms with E-state index in [1.807, 2.05) is 41.5 Å². The van der Waals surface area contributed by atoms with E-state index in [1.165, 1.54) is 0 Å². The number of esters is 1. The van der Waals surface area contributed by atoms with Gasteiger partial charge < -0.3 is 19.9 Å². The Morgan fingerprint density at radius 2 is 1.64 bits per heavy atom. The van der Waals surface area contributed by atoms with Crippen LogP contribution in [-0.4, -0.2) is 34.6 Å². The van der Waals surface area contributed by atoms with Crippen molar-refractivity contribution in [2.75, 3.05) is 0 Å². The van der Waals surface area contributed by atoms with Gasteiger partial charge in [-0.3, -0.25) is 9.59 Å². The van der Waals surface area contributed by atoms with Gasteiger partial charge >= 0.3 is 11.9 Å². The number of nitrogens with one attached hydrogen (secondary N) is 1. The summed E-state index contributed by atoms with van der Waals surface area (Å²) < 4.78 is 11.5. The van der Waals surface area contributed by atoms with E-state index in [9.17, 15) is 19.5 Å². The fourth-order valence-electron chi connectivity index (χ4n) is 4.97. The molecule has 1 fully saturated rings. The van der Waals surface area contributed by atoms with E-state index in [0.29, 0.717) is 34.2 Å². The molecule has 0 radical (unpaired) electrons. The highest BCUT2D eigenvalue weighted by molar-refractivity contribution is 6.35. The number of amides is 1. The van der Waals surface area contributed by atoms with Crippen molar-refractivity contribution in [1.82, 2.24) is 5.32 Å². The van der Waals surface area contributed by atoms with Crippen LogP contribution in [0.1, 0.15) is 65.5 Å². The van der Waals surface area contributed by atoms with Crippen LogP contribution in [0, 0.1) is 16.7 Å². The highest BCUT2D eigenvalue weighted by atomic mass is 35.5. The number of carbonyl (C=O) groups is 3. The largest absolute Gasteiger partial charge is 0.489 e. The zero-order valence-electron chi connectivity index (χ0n) is 23.3. The Kier molecular flexibility index (Phi) is 9.28. The number of rotatable bonds is 9. The Morgan fingerprint density at radius 3 is 2.18 bits per heavy atom. The van der Waals surface area contributed by atoms with Crippen LogP contribution in [0.15, 0.2) is 42.5 Å². The second kappa shape index (κ2) is 11.8. The fraction of sp³-hybridized carbons (Fsp3) is 0.500. The zero-order chi connectivity index (χ0) is 29.2. The first-order valence-electron chi connectivity index (χ1n) is 13.0. The lowest BCUT2D eigenvalue weighted by atomic mass is 9.65. The van der Waals surface area contributed by atoms with Gasteiger partial charge in [-0.25, -0.2) is 4.79 Å². The minimum Gasteiger partial charge on any atom is -0.489 e. The molecule has 39 heavy (non-hydrogen) atoms. The Balaban J connectivity index is 1.65. The van der Waals surface area contributed by atoms with Gasteiger partial charge in [0, 0.05) is 27.9 Å². The van der Waals surface area contributed by atoms with Crippen molar-refractivity contribution < 1.29 is 29.0 Å². The fourth-order valence-corrected chi connectivity index (χ4v) is 5.48. The lowest BCUT2D eigenvalue weighted by molar-refractivity contribution is -0.173. The maximum atomic E-state index is 13.3. The summed E-state index contributed by atoms with van der Waals surface area (Å²) in [5.74, 6) is -1.83. The van der Waals surface area contributed by atoms with Crippen LogP contribution < -0.4 is 10.1 Å². The first-order chi connectivity index (χ1) is 18.0. The third-order valence-electron chi connectivity index (χ3n) is 7.81. The van der Waals surface area contributed by atoms with E-state index in [0.717, 1.165) is 5.56 Å². The summed E-state index contributed by atoms with van der Waals surface area (Å²) in [4.78, 5) is 38.4. The minimum absolute atomic E-state index is 0.0914. The second-order valence-electron chi connectivity index (χ2n) is 11.9. The standard InChI is InChI=1S/C30H37Cl2NO6/c1-28(2,3)39-27(37)30(6)15-14-21(29(30,4)5)25(34)33-24(26(35)36)16-18-10-12-19(13-11-18)38-17-20-22(31)8-7-9-23(20)32/h7-13,21,24H,14-17H2,1-6H3,(H,33,34)(H,35,36). The molecule has 2 N–H and O–H groups in total. The van der Waals surface area contributed by atoms with Crippen molar-refractivity contribution >= 4 is 41.0 Å². The van der Waals surface area contributed by atoms with Gasteiger partial charge in [0.15, 0.2) is 0 Å². The maximum absolute atomic E-state index is 13.3. The molecule has 1 amide bonds. The van der Waals surface area contributed by atoms with Crippen molar-refractivity contribution in [3.8, 4) is 5.75 Å². The molecule has 0 bridgehead atoms. The molecule has 0 aromatic heterocycles. The van der Waals surface area contributed by atoms with Gasteiger partial charge in [-0.05, 0) is 75.8 Å². The van der Waals surface area contributed by atoms with Crippen molar-refractivity contribution in [3.63, 3.8) is 0 Å². The normalized spacial score (nSPS) is 21.2. The Hall–Kier alpha value is -2.77. The first-order valence-corrected chi connectivity index (χ1v) is 13.7. The van der Waals surface area contributed by atoms with Gasteiger partial charge in [-0.1, -0.05) is 55.2 Å². The molecule has 212 valence electrons. The molecular weight excluding hydrogens is 541 g/mol. The molecular formula is C30H37Cl2NO6. The quantitative estimate of drug-likeness (QED) is 0.331. The molecule has 1 aliphatic carbocycles. The third kappa shape index (κ3) is 7.06. The van der Waals surface area contributed by atoms with Crippen LogP contribution in [0.25, 0.3) is 0 Å².